The van der Waals surface area contributed by atoms with Gasteiger partial charge in [-0.3, -0.25) is 4.79 Å². The fraction of sp³-hybridized carbons (Fsp3) is 0.0588. The average Bonchev–Trinajstić information content (AvgIpc) is 3.05. The molecule has 24 heavy (non-hydrogen) atoms. The number of aromatic nitrogens is 1. The van der Waals surface area contributed by atoms with Crippen LogP contribution in [0.15, 0.2) is 53.1 Å². The van der Waals surface area contributed by atoms with Crippen LogP contribution in [0.25, 0.3) is 11.3 Å². The molecule has 0 spiro atoms. The first kappa shape index (κ1) is 16.0. The molecule has 5 nitrogen and oxygen atoms in total. The molecule has 0 aliphatic heterocycles. The van der Waals surface area contributed by atoms with Crippen molar-refractivity contribution < 1.29 is 18.4 Å². The van der Waals surface area contributed by atoms with Gasteiger partial charge in [-0.05, 0) is 30.3 Å². The lowest BCUT2D eigenvalue weighted by Crippen LogP contribution is -2.11. The molecule has 2 aromatic carbocycles. The molecule has 0 saturated carbocycles. The highest BCUT2D eigenvalue weighted by Gasteiger charge is 2.16. The first-order chi connectivity index (χ1) is 11.6. The van der Waals surface area contributed by atoms with Crippen molar-refractivity contribution in [2.24, 2.45) is 0 Å². The van der Waals surface area contributed by atoms with Crippen molar-refractivity contribution in [2.45, 2.75) is 0 Å². The second-order valence-electron chi connectivity index (χ2n) is 4.89. The lowest BCUT2D eigenvalue weighted by molar-refractivity contribution is 0.0987. The molecule has 0 fully saturated rings. The summed E-state index contributed by atoms with van der Waals surface area (Å²) in [5.41, 5.74) is 1.27. The van der Waals surface area contributed by atoms with Gasteiger partial charge in [0.25, 0.3) is 5.91 Å². The first-order valence-electron chi connectivity index (χ1n) is 6.94. The number of amides is 1. The number of halogens is 2. The van der Waals surface area contributed by atoms with Crippen LogP contribution in [-0.2, 0) is 0 Å². The third kappa shape index (κ3) is 3.38. The van der Waals surface area contributed by atoms with Gasteiger partial charge in [-0.25, -0.2) is 4.39 Å². The number of carbonyl (C=O) groups excluding carboxylic acids is 1. The van der Waals surface area contributed by atoms with E-state index in [2.05, 4.69) is 10.5 Å². The fourth-order valence-electron chi connectivity index (χ4n) is 2.13. The molecule has 0 atom stereocenters. The summed E-state index contributed by atoms with van der Waals surface area (Å²) < 4.78 is 23.5. The Morgan fingerprint density at radius 2 is 2.08 bits per heavy atom. The average molecular weight is 347 g/mol. The van der Waals surface area contributed by atoms with E-state index in [-0.39, 0.29) is 5.76 Å². The Kier molecular flexibility index (Phi) is 4.48. The van der Waals surface area contributed by atoms with Crippen LogP contribution in [-0.4, -0.2) is 18.2 Å². The van der Waals surface area contributed by atoms with Gasteiger partial charge in [-0.2, -0.15) is 0 Å². The van der Waals surface area contributed by atoms with E-state index < -0.39 is 11.7 Å². The van der Waals surface area contributed by atoms with Crippen LogP contribution in [0.3, 0.4) is 0 Å². The Balaban J connectivity index is 1.83. The zero-order chi connectivity index (χ0) is 17.1. The second-order valence-corrected chi connectivity index (χ2v) is 5.32. The molecular weight excluding hydrogens is 335 g/mol. The van der Waals surface area contributed by atoms with E-state index in [0.29, 0.717) is 27.7 Å². The Bertz CT molecular complexity index is 895. The van der Waals surface area contributed by atoms with Crippen LogP contribution in [0.5, 0.6) is 5.75 Å². The molecule has 0 saturated heterocycles. The molecule has 0 radical (unpaired) electrons. The van der Waals surface area contributed by atoms with Crippen molar-refractivity contribution >= 4 is 23.2 Å². The molecule has 1 heterocycles. The Morgan fingerprint density at radius 1 is 1.25 bits per heavy atom. The van der Waals surface area contributed by atoms with Crippen LogP contribution in [0.4, 0.5) is 10.1 Å². The van der Waals surface area contributed by atoms with Crippen molar-refractivity contribution in [1.29, 1.82) is 0 Å². The molecule has 0 aliphatic carbocycles. The molecular formula is C17H12ClFN2O3. The minimum Gasteiger partial charge on any atom is -0.495 e. The lowest BCUT2D eigenvalue weighted by atomic mass is 10.1. The van der Waals surface area contributed by atoms with E-state index in [0.717, 1.165) is 0 Å². The smallest absolute Gasteiger partial charge is 0.294 e. The molecule has 0 bridgehead atoms. The van der Waals surface area contributed by atoms with Gasteiger partial charge in [0.05, 0.1) is 12.8 Å². The summed E-state index contributed by atoms with van der Waals surface area (Å²) in [5.74, 6) is -0.482. The predicted molar refractivity (Wildman–Crippen MR) is 87.9 cm³/mol. The van der Waals surface area contributed by atoms with Crippen LogP contribution < -0.4 is 10.1 Å². The molecule has 1 N–H and O–H groups in total. The second kappa shape index (κ2) is 6.72. The SMILES string of the molecule is COc1ccc(Cl)cc1NC(=O)c1cc(-c2cccc(F)c2)no1. The summed E-state index contributed by atoms with van der Waals surface area (Å²) in [5, 5.41) is 6.88. The maximum Gasteiger partial charge on any atom is 0.294 e. The largest absolute Gasteiger partial charge is 0.495 e. The normalized spacial score (nSPS) is 10.5. The number of ether oxygens (including phenoxy) is 1. The maximum atomic E-state index is 13.3. The number of nitrogens with one attached hydrogen (secondary N) is 1. The minimum atomic E-state index is -0.522. The molecule has 122 valence electrons. The number of methoxy groups -OCH3 is 1. The number of rotatable bonds is 4. The number of carbonyl (C=O) groups is 1. The van der Waals surface area contributed by atoms with Crippen LogP contribution in [0, 0.1) is 5.82 Å². The Morgan fingerprint density at radius 3 is 2.83 bits per heavy atom. The third-order valence-corrected chi connectivity index (χ3v) is 3.50. The summed E-state index contributed by atoms with van der Waals surface area (Å²) in [4.78, 5) is 12.3. The predicted octanol–water partition coefficient (Wildman–Crippen LogP) is 4.40. The number of benzene rings is 2. The summed E-state index contributed by atoms with van der Waals surface area (Å²) in [7, 11) is 1.48. The molecule has 1 amide bonds. The van der Waals surface area contributed by atoms with E-state index in [1.807, 2.05) is 0 Å². The molecule has 3 rings (SSSR count). The third-order valence-electron chi connectivity index (χ3n) is 3.26. The van der Waals surface area contributed by atoms with Crippen LogP contribution in [0.2, 0.25) is 5.02 Å². The number of hydrogen-bond donors (Lipinski definition) is 1. The monoisotopic (exact) mass is 346 g/mol. The lowest BCUT2D eigenvalue weighted by Gasteiger charge is -2.09. The van der Waals surface area contributed by atoms with Gasteiger partial charge in [0, 0.05) is 16.7 Å². The van der Waals surface area contributed by atoms with Crippen LogP contribution >= 0.6 is 11.6 Å². The number of hydrogen-bond acceptors (Lipinski definition) is 4. The number of anilines is 1. The van der Waals surface area contributed by atoms with Crippen molar-refractivity contribution in [3.05, 3.63) is 65.1 Å². The van der Waals surface area contributed by atoms with Gasteiger partial charge in [-0.15, -0.1) is 0 Å². The highest BCUT2D eigenvalue weighted by atomic mass is 35.5. The highest BCUT2D eigenvalue weighted by molar-refractivity contribution is 6.31. The van der Waals surface area contributed by atoms with Gasteiger partial charge >= 0.3 is 0 Å². The van der Waals surface area contributed by atoms with Crippen molar-refractivity contribution in [1.82, 2.24) is 5.16 Å². The fourth-order valence-corrected chi connectivity index (χ4v) is 2.30. The summed E-state index contributed by atoms with van der Waals surface area (Å²) in [6, 6.07) is 12.1. The van der Waals surface area contributed by atoms with Crippen molar-refractivity contribution in [3.8, 4) is 17.0 Å². The summed E-state index contributed by atoms with van der Waals surface area (Å²) in [6.07, 6.45) is 0. The van der Waals surface area contributed by atoms with Crippen molar-refractivity contribution in [2.75, 3.05) is 12.4 Å². The van der Waals surface area contributed by atoms with Gasteiger partial charge in [0.15, 0.2) is 0 Å². The van der Waals surface area contributed by atoms with E-state index >= 15 is 0 Å². The van der Waals surface area contributed by atoms with E-state index in [9.17, 15) is 9.18 Å². The van der Waals surface area contributed by atoms with Gasteiger partial charge in [0.2, 0.25) is 5.76 Å². The summed E-state index contributed by atoms with van der Waals surface area (Å²) in [6.45, 7) is 0. The molecule has 3 aromatic rings. The van der Waals surface area contributed by atoms with Gasteiger partial charge in [0.1, 0.15) is 17.3 Å². The van der Waals surface area contributed by atoms with E-state index in [1.54, 1.807) is 30.3 Å². The standard InChI is InChI=1S/C17H12ClFN2O3/c1-23-15-6-5-11(18)8-14(15)20-17(22)16-9-13(21-24-16)10-3-2-4-12(19)7-10/h2-9H,1H3,(H,20,22). The number of nitrogens with zero attached hydrogens (tertiary/aromatic N) is 1. The van der Waals surface area contributed by atoms with E-state index in [1.165, 1.54) is 25.3 Å². The maximum absolute atomic E-state index is 13.3. The van der Waals surface area contributed by atoms with Gasteiger partial charge < -0.3 is 14.6 Å². The molecule has 1 aromatic heterocycles. The van der Waals surface area contributed by atoms with E-state index in [4.69, 9.17) is 20.9 Å². The molecule has 0 unspecified atom stereocenters. The Labute approximate surface area is 142 Å². The zero-order valence-corrected chi connectivity index (χ0v) is 13.3. The topological polar surface area (TPSA) is 64.4 Å². The Hall–Kier alpha value is -2.86. The first-order valence-corrected chi connectivity index (χ1v) is 7.32. The van der Waals surface area contributed by atoms with Crippen LogP contribution in [0.1, 0.15) is 10.6 Å². The highest BCUT2D eigenvalue weighted by Crippen LogP contribution is 2.28. The quantitative estimate of drug-likeness (QED) is 0.760. The van der Waals surface area contributed by atoms with Crippen molar-refractivity contribution in [3.63, 3.8) is 0 Å². The van der Waals surface area contributed by atoms with Gasteiger partial charge in [-0.1, -0.05) is 28.9 Å². The summed E-state index contributed by atoms with van der Waals surface area (Å²) >= 11 is 5.92. The molecule has 7 heteroatoms. The molecule has 0 aliphatic rings. The zero-order valence-electron chi connectivity index (χ0n) is 12.5. The minimum absolute atomic E-state index is 0.0173.